The summed E-state index contributed by atoms with van der Waals surface area (Å²) in [5, 5.41) is 3.18. The molecule has 0 radical (unpaired) electrons. The lowest BCUT2D eigenvalue weighted by atomic mass is 10.0. The van der Waals surface area contributed by atoms with E-state index >= 15 is 0 Å². The van der Waals surface area contributed by atoms with Gasteiger partial charge in [-0.3, -0.25) is 4.79 Å². The molecule has 0 aromatic heterocycles. The van der Waals surface area contributed by atoms with Crippen LogP contribution < -0.4 is 15.1 Å². The van der Waals surface area contributed by atoms with Gasteiger partial charge in [0.15, 0.2) is 6.04 Å². The number of hydrogen-bond donors (Lipinski definition) is 2. The molecule has 0 bridgehead atoms. The van der Waals surface area contributed by atoms with Crippen molar-refractivity contribution in [3.8, 4) is 0 Å². The van der Waals surface area contributed by atoms with E-state index in [1.807, 2.05) is 68.4 Å². The first-order chi connectivity index (χ1) is 15.0. The van der Waals surface area contributed by atoms with E-state index in [0.29, 0.717) is 0 Å². The predicted octanol–water partition coefficient (Wildman–Crippen LogP) is 3.53. The highest BCUT2D eigenvalue weighted by molar-refractivity contribution is 5.95. The molecule has 1 aliphatic rings. The highest BCUT2D eigenvalue weighted by Crippen LogP contribution is 2.20. The second-order valence-corrected chi connectivity index (χ2v) is 8.27. The molecule has 1 atom stereocenters. The van der Waals surface area contributed by atoms with E-state index < -0.39 is 0 Å². The Morgan fingerprint density at radius 2 is 1.65 bits per heavy atom. The molecule has 1 saturated heterocycles. The van der Waals surface area contributed by atoms with Gasteiger partial charge in [-0.2, -0.15) is 0 Å². The lowest BCUT2D eigenvalue weighted by Crippen LogP contribution is -3.16. The molecule has 4 rings (SSSR count). The Kier molecular flexibility index (Phi) is 6.33. The number of nitrogens with zero attached hydrogens (tertiary/aromatic N) is 1. The molecule has 0 spiro atoms. The van der Waals surface area contributed by atoms with Crippen LogP contribution >= 0.6 is 0 Å². The third kappa shape index (κ3) is 4.94. The fourth-order valence-electron chi connectivity index (χ4n) is 4.29. The summed E-state index contributed by atoms with van der Waals surface area (Å²) in [6.07, 6.45) is 0. The summed E-state index contributed by atoms with van der Waals surface area (Å²) in [5.74, 6) is -0.203. The standard InChI is InChI=1S/C26H28FN3O/c1-19-8-9-20(2)24(18-19)28-26(31)25(21-6-4-3-5-7-21)30-16-14-29(15-17-30)23-12-10-22(27)11-13-23/h3-13,18,25H,14-17H2,1-2H3,(H,28,31)/p+1/t25-/m1/s1. The average Bonchev–Trinajstić information content (AvgIpc) is 2.78. The Morgan fingerprint density at radius 3 is 2.32 bits per heavy atom. The van der Waals surface area contributed by atoms with E-state index in [0.717, 1.165) is 54.2 Å². The van der Waals surface area contributed by atoms with Crippen LogP contribution in [0, 0.1) is 19.7 Å². The predicted molar refractivity (Wildman–Crippen MR) is 123 cm³/mol. The first-order valence-corrected chi connectivity index (χ1v) is 10.8. The maximum atomic E-state index is 13.5. The highest BCUT2D eigenvalue weighted by Gasteiger charge is 2.34. The van der Waals surface area contributed by atoms with Crippen LogP contribution in [0.3, 0.4) is 0 Å². The summed E-state index contributed by atoms with van der Waals surface area (Å²) in [6.45, 7) is 7.35. The van der Waals surface area contributed by atoms with Gasteiger partial charge in [0.25, 0.3) is 5.91 Å². The molecule has 1 heterocycles. The third-order valence-corrected chi connectivity index (χ3v) is 6.05. The zero-order valence-corrected chi connectivity index (χ0v) is 18.1. The Morgan fingerprint density at radius 1 is 0.968 bits per heavy atom. The van der Waals surface area contributed by atoms with Gasteiger partial charge in [-0.1, -0.05) is 42.5 Å². The Balaban J connectivity index is 1.53. The molecular formula is C26H29FN3O+. The minimum atomic E-state index is -0.281. The fraction of sp³-hybridized carbons (Fsp3) is 0.269. The molecule has 1 aliphatic heterocycles. The molecule has 1 fully saturated rings. The van der Waals surface area contributed by atoms with Crippen molar-refractivity contribution in [1.29, 1.82) is 0 Å². The van der Waals surface area contributed by atoms with Gasteiger partial charge in [0.05, 0.1) is 26.2 Å². The Bertz CT molecular complexity index is 1030. The molecule has 0 saturated carbocycles. The van der Waals surface area contributed by atoms with Gasteiger partial charge in [-0.05, 0) is 55.3 Å². The number of anilines is 2. The lowest BCUT2D eigenvalue weighted by Gasteiger charge is -2.37. The summed E-state index contributed by atoms with van der Waals surface area (Å²) < 4.78 is 13.3. The Hall–Kier alpha value is -3.18. The van der Waals surface area contributed by atoms with Gasteiger partial charge in [-0.15, -0.1) is 0 Å². The van der Waals surface area contributed by atoms with Crippen LogP contribution in [-0.4, -0.2) is 32.1 Å². The fourth-order valence-corrected chi connectivity index (χ4v) is 4.29. The number of aryl methyl sites for hydroxylation is 2. The third-order valence-electron chi connectivity index (χ3n) is 6.05. The molecule has 2 N–H and O–H groups in total. The normalized spacial score (nSPS) is 15.5. The number of hydrogen-bond acceptors (Lipinski definition) is 2. The second kappa shape index (κ2) is 9.31. The van der Waals surface area contributed by atoms with E-state index in [-0.39, 0.29) is 17.8 Å². The molecular weight excluding hydrogens is 389 g/mol. The molecule has 31 heavy (non-hydrogen) atoms. The van der Waals surface area contributed by atoms with Crippen molar-refractivity contribution >= 4 is 17.3 Å². The summed E-state index contributed by atoms with van der Waals surface area (Å²) >= 11 is 0. The van der Waals surface area contributed by atoms with Crippen LogP contribution in [0.2, 0.25) is 0 Å². The maximum Gasteiger partial charge on any atom is 0.287 e. The number of carbonyl (C=O) groups is 1. The molecule has 4 nitrogen and oxygen atoms in total. The molecule has 0 unspecified atom stereocenters. The van der Waals surface area contributed by atoms with Crippen molar-refractivity contribution in [2.45, 2.75) is 19.9 Å². The van der Waals surface area contributed by atoms with Crippen molar-refractivity contribution in [1.82, 2.24) is 0 Å². The van der Waals surface area contributed by atoms with Gasteiger partial charge >= 0.3 is 0 Å². The second-order valence-electron chi connectivity index (χ2n) is 8.27. The lowest BCUT2D eigenvalue weighted by molar-refractivity contribution is -0.922. The highest BCUT2D eigenvalue weighted by atomic mass is 19.1. The number of quaternary nitrogens is 1. The van der Waals surface area contributed by atoms with Crippen LogP contribution in [0.1, 0.15) is 22.7 Å². The van der Waals surface area contributed by atoms with Gasteiger partial charge in [-0.25, -0.2) is 4.39 Å². The van der Waals surface area contributed by atoms with Gasteiger partial charge in [0.2, 0.25) is 0 Å². The van der Waals surface area contributed by atoms with Gasteiger partial charge < -0.3 is 15.1 Å². The molecule has 1 amide bonds. The Labute approximate surface area is 183 Å². The number of piperazine rings is 1. The molecule has 160 valence electrons. The van der Waals surface area contributed by atoms with Crippen molar-refractivity contribution in [2.24, 2.45) is 0 Å². The van der Waals surface area contributed by atoms with E-state index in [9.17, 15) is 9.18 Å². The minimum absolute atomic E-state index is 0.0186. The summed E-state index contributed by atoms with van der Waals surface area (Å²) in [4.78, 5) is 17.0. The summed E-state index contributed by atoms with van der Waals surface area (Å²) in [6, 6.07) is 22.5. The monoisotopic (exact) mass is 418 g/mol. The number of amides is 1. The van der Waals surface area contributed by atoms with E-state index in [1.165, 1.54) is 17.0 Å². The quantitative estimate of drug-likeness (QED) is 0.665. The summed E-state index contributed by atoms with van der Waals surface area (Å²) in [7, 11) is 0. The molecule has 3 aromatic rings. The topological polar surface area (TPSA) is 36.8 Å². The minimum Gasteiger partial charge on any atom is -0.360 e. The first-order valence-electron chi connectivity index (χ1n) is 10.8. The number of benzene rings is 3. The van der Waals surface area contributed by atoms with Gasteiger partial charge in [0.1, 0.15) is 5.82 Å². The van der Waals surface area contributed by atoms with Crippen LogP contribution in [-0.2, 0) is 4.79 Å². The summed E-state index contributed by atoms with van der Waals surface area (Å²) in [5.41, 5.74) is 5.10. The van der Waals surface area contributed by atoms with Crippen LogP contribution in [0.15, 0.2) is 72.8 Å². The van der Waals surface area contributed by atoms with Gasteiger partial charge in [0, 0.05) is 16.9 Å². The van der Waals surface area contributed by atoms with Crippen molar-refractivity contribution in [3.05, 3.63) is 95.3 Å². The zero-order chi connectivity index (χ0) is 21.8. The first kappa shape index (κ1) is 21.1. The average molecular weight is 419 g/mol. The van der Waals surface area contributed by atoms with E-state index in [2.05, 4.69) is 16.3 Å². The van der Waals surface area contributed by atoms with Crippen molar-refractivity contribution in [3.63, 3.8) is 0 Å². The van der Waals surface area contributed by atoms with Crippen molar-refractivity contribution < 1.29 is 14.1 Å². The van der Waals surface area contributed by atoms with E-state index in [1.54, 1.807) is 0 Å². The smallest absolute Gasteiger partial charge is 0.287 e. The largest absolute Gasteiger partial charge is 0.360 e. The van der Waals surface area contributed by atoms with Crippen LogP contribution in [0.5, 0.6) is 0 Å². The van der Waals surface area contributed by atoms with Crippen LogP contribution in [0.4, 0.5) is 15.8 Å². The molecule has 5 heteroatoms. The maximum absolute atomic E-state index is 13.5. The SMILES string of the molecule is Cc1ccc(C)c(NC(=O)[C@@H](c2ccccc2)[NH+]2CCN(c3ccc(F)cc3)CC2)c1. The van der Waals surface area contributed by atoms with Crippen molar-refractivity contribution in [2.75, 3.05) is 36.4 Å². The number of carbonyl (C=O) groups excluding carboxylic acids is 1. The molecule has 0 aliphatic carbocycles. The number of nitrogens with one attached hydrogen (secondary N) is 2. The number of rotatable bonds is 5. The number of halogens is 1. The zero-order valence-electron chi connectivity index (χ0n) is 18.1. The van der Waals surface area contributed by atoms with Crippen LogP contribution in [0.25, 0.3) is 0 Å². The van der Waals surface area contributed by atoms with E-state index in [4.69, 9.17) is 0 Å². The molecule has 3 aromatic carbocycles.